The number of hydrogen-bond acceptors (Lipinski definition) is 5. The lowest BCUT2D eigenvalue weighted by atomic mass is 9.94. The van der Waals surface area contributed by atoms with E-state index in [0.717, 1.165) is 47.8 Å². The molecule has 1 atom stereocenters. The van der Waals surface area contributed by atoms with E-state index < -0.39 is 0 Å². The number of nitrogens with one attached hydrogen (secondary N) is 2. The Morgan fingerprint density at radius 1 is 1.41 bits per heavy atom. The number of aryl methyl sites for hydroxylation is 1. The van der Waals surface area contributed by atoms with Crippen LogP contribution in [0.15, 0.2) is 24.4 Å². The van der Waals surface area contributed by atoms with Crippen LogP contribution in [0.4, 0.5) is 0 Å². The Bertz CT molecular complexity index is 866. The molecule has 0 bridgehead atoms. The Kier molecular flexibility index (Phi) is 4.99. The van der Waals surface area contributed by atoms with Gasteiger partial charge in [0.05, 0.1) is 13.0 Å². The number of hydrogen-bond donors (Lipinski definition) is 2. The molecule has 1 aromatic heterocycles. The van der Waals surface area contributed by atoms with Crippen molar-refractivity contribution in [1.29, 1.82) is 0 Å². The average Bonchev–Trinajstić information content (AvgIpc) is 2.72. The molecular formula is C21H25N3O3. The smallest absolute Gasteiger partial charge is 0.227 e. The summed E-state index contributed by atoms with van der Waals surface area (Å²) in [5.74, 6) is 1.31. The molecule has 142 valence electrons. The molecule has 0 spiro atoms. The van der Waals surface area contributed by atoms with Crippen molar-refractivity contribution in [2.45, 2.75) is 32.9 Å². The number of nitrogens with zero attached hydrogens (tertiary/aromatic N) is 1. The first kappa shape index (κ1) is 17.8. The second-order valence-corrected chi connectivity index (χ2v) is 7.13. The van der Waals surface area contributed by atoms with E-state index in [-0.39, 0.29) is 11.8 Å². The number of carbonyl (C=O) groups excluding carboxylic acids is 1. The van der Waals surface area contributed by atoms with Crippen LogP contribution >= 0.6 is 0 Å². The maximum absolute atomic E-state index is 12.8. The number of ether oxygens (including phenoxy) is 2. The Hall–Kier alpha value is -2.60. The normalized spacial score (nSPS) is 18.1. The Morgan fingerprint density at radius 2 is 2.30 bits per heavy atom. The molecule has 6 nitrogen and oxygen atoms in total. The number of benzene rings is 1. The number of carbonyl (C=O) groups is 1. The topological polar surface area (TPSA) is 72.5 Å². The van der Waals surface area contributed by atoms with Crippen LogP contribution in [0.1, 0.15) is 27.9 Å². The van der Waals surface area contributed by atoms with Crippen LogP contribution < -0.4 is 20.1 Å². The zero-order valence-electron chi connectivity index (χ0n) is 15.8. The summed E-state index contributed by atoms with van der Waals surface area (Å²) in [6.07, 6.45) is 3.58. The van der Waals surface area contributed by atoms with Crippen LogP contribution in [0.5, 0.6) is 11.5 Å². The number of para-hydroxylation sites is 1. The molecule has 27 heavy (non-hydrogen) atoms. The predicted octanol–water partition coefficient (Wildman–Crippen LogP) is 1.91. The van der Waals surface area contributed by atoms with Gasteiger partial charge in [-0.1, -0.05) is 12.1 Å². The number of rotatable bonds is 4. The van der Waals surface area contributed by atoms with Crippen LogP contribution in [0, 0.1) is 12.8 Å². The third-order valence-electron chi connectivity index (χ3n) is 5.46. The fraction of sp³-hybridized carbons (Fsp3) is 0.429. The lowest BCUT2D eigenvalue weighted by Gasteiger charge is -2.26. The Morgan fingerprint density at radius 3 is 3.15 bits per heavy atom. The average molecular weight is 367 g/mol. The van der Waals surface area contributed by atoms with E-state index in [1.165, 1.54) is 11.1 Å². The zero-order chi connectivity index (χ0) is 18.8. The minimum absolute atomic E-state index is 0.0226. The van der Waals surface area contributed by atoms with Crippen molar-refractivity contribution < 1.29 is 14.3 Å². The summed E-state index contributed by atoms with van der Waals surface area (Å²) in [6.45, 7) is 4.71. The van der Waals surface area contributed by atoms with E-state index in [1.807, 2.05) is 31.3 Å². The van der Waals surface area contributed by atoms with Crippen molar-refractivity contribution in [3.63, 3.8) is 0 Å². The van der Waals surface area contributed by atoms with E-state index in [1.54, 1.807) is 7.11 Å². The van der Waals surface area contributed by atoms with Gasteiger partial charge in [-0.2, -0.15) is 0 Å². The largest absolute Gasteiger partial charge is 0.493 e. The van der Waals surface area contributed by atoms with Gasteiger partial charge in [0, 0.05) is 25.0 Å². The van der Waals surface area contributed by atoms with Crippen molar-refractivity contribution in [2.24, 2.45) is 5.92 Å². The number of amides is 1. The summed E-state index contributed by atoms with van der Waals surface area (Å²) >= 11 is 0. The number of pyridine rings is 1. The fourth-order valence-corrected chi connectivity index (χ4v) is 3.92. The molecule has 0 unspecified atom stereocenters. The van der Waals surface area contributed by atoms with Crippen molar-refractivity contribution in [3.8, 4) is 11.5 Å². The molecule has 1 amide bonds. The second-order valence-electron chi connectivity index (χ2n) is 7.13. The van der Waals surface area contributed by atoms with Gasteiger partial charge in [0.15, 0.2) is 11.5 Å². The highest BCUT2D eigenvalue weighted by atomic mass is 16.5. The SMILES string of the molecule is COc1cccc2c1OC[C@@H](C(=O)NCc1c(C)ncc3c1CCNC3)C2. The van der Waals surface area contributed by atoms with Crippen LogP contribution in [-0.4, -0.2) is 31.2 Å². The van der Waals surface area contributed by atoms with Crippen molar-refractivity contribution in [1.82, 2.24) is 15.6 Å². The summed E-state index contributed by atoms with van der Waals surface area (Å²) in [4.78, 5) is 17.3. The van der Waals surface area contributed by atoms with Crippen LogP contribution in [0.25, 0.3) is 0 Å². The van der Waals surface area contributed by atoms with Crippen LogP contribution in [0.2, 0.25) is 0 Å². The maximum Gasteiger partial charge on any atom is 0.227 e. The molecule has 0 saturated carbocycles. The van der Waals surface area contributed by atoms with E-state index in [2.05, 4.69) is 15.6 Å². The number of aromatic nitrogens is 1. The van der Waals surface area contributed by atoms with E-state index >= 15 is 0 Å². The lowest BCUT2D eigenvalue weighted by Crippen LogP contribution is -2.37. The molecular weight excluding hydrogens is 342 g/mol. The van der Waals surface area contributed by atoms with Gasteiger partial charge < -0.3 is 20.1 Å². The predicted molar refractivity (Wildman–Crippen MR) is 102 cm³/mol. The van der Waals surface area contributed by atoms with Crippen molar-refractivity contribution in [2.75, 3.05) is 20.3 Å². The quantitative estimate of drug-likeness (QED) is 0.864. The highest BCUT2D eigenvalue weighted by molar-refractivity contribution is 5.79. The second kappa shape index (κ2) is 7.56. The van der Waals surface area contributed by atoms with E-state index in [9.17, 15) is 4.79 Å². The molecule has 0 saturated heterocycles. The van der Waals surface area contributed by atoms with Crippen LogP contribution in [0.3, 0.4) is 0 Å². The minimum atomic E-state index is -0.195. The molecule has 2 aliphatic rings. The number of fused-ring (bicyclic) bond motifs is 2. The molecule has 4 rings (SSSR count). The highest BCUT2D eigenvalue weighted by Crippen LogP contribution is 2.36. The molecule has 1 aromatic carbocycles. The van der Waals surface area contributed by atoms with Crippen molar-refractivity contribution >= 4 is 5.91 Å². The van der Waals surface area contributed by atoms with Gasteiger partial charge in [0.1, 0.15) is 6.61 Å². The summed E-state index contributed by atoms with van der Waals surface area (Å²) in [6, 6.07) is 5.80. The Labute approximate surface area is 159 Å². The first-order valence-corrected chi connectivity index (χ1v) is 9.40. The first-order chi connectivity index (χ1) is 13.2. The summed E-state index contributed by atoms with van der Waals surface area (Å²) in [7, 11) is 1.63. The zero-order valence-corrected chi connectivity index (χ0v) is 15.8. The fourth-order valence-electron chi connectivity index (χ4n) is 3.92. The van der Waals surface area contributed by atoms with E-state index in [4.69, 9.17) is 9.47 Å². The minimum Gasteiger partial charge on any atom is -0.493 e. The third-order valence-corrected chi connectivity index (χ3v) is 5.46. The molecule has 2 aliphatic heterocycles. The molecule has 0 radical (unpaired) electrons. The van der Waals surface area contributed by atoms with E-state index in [0.29, 0.717) is 19.6 Å². The monoisotopic (exact) mass is 367 g/mol. The van der Waals surface area contributed by atoms with Gasteiger partial charge in [-0.25, -0.2) is 0 Å². The lowest BCUT2D eigenvalue weighted by molar-refractivity contribution is -0.126. The van der Waals surface area contributed by atoms with Gasteiger partial charge >= 0.3 is 0 Å². The van der Waals surface area contributed by atoms with Gasteiger partial charge in [-0.3, -0.25) is 9.78 Å². The molecule has 3 heterocycles. The first-order valence-electron chi connectivity index (χ1n) is 9.40. The molecule has 6 heteroatoms. The van der Waals surface area contributed by atoms with Gasteiger partial charge in [-0.15, -0.1) is 0 Å². The summed E-state index contributed by atoms with van der Waals surface area (Å²) < 4.78 is 11.2. The standard InChI is InChI=1S/C21H25N3O3/c1-13-18(17-6-7-22-9-16(17)10-23-13)11-24-21(25)15-8-14-4-3-5-19(26-2)20(14)27-12-15/h3-5,10,15,22H,6-9,11-12H2,1-2H3,(H,24,25)/t15-/m0/s1. The number of methoxy groups -OCH3 is 1. The van der Waals surface area contributed by atoms with Gasteiger partial charge in [-0.05, 0) is 54.6 Å². The highest BCUT2D eigenvalue weighted by Gasteiger charge is 2.28. The molecule has 2 N–H and O–H groups in total. The molecule has 2 aromatic rings. The van der Waals surface area contributed by atoms with Gasteiger partial charge in [0.25, 0.3) is 0 Å². The molecule has 0 aliphatic carbocycles. The summed E-state index contributed by atoms with van der Waals surface area (Å²) in [5.41, 5.74) is 5.73. The third kappa shape index (κ3) is 3.49. The van der Waals surface area contributed by atoms with Crippen LogP contribution in [-0.2, 0) is 30.7 Å². The molecule has 0 fully saturated rings. The van der Waals surface area contributed by atoms with Gasteiger partial charge in [0.2, 0.25) is 5.91 Å². The maximum atomic E-state index is 12.8. The summed E-state index contributed by atoms with van der Waals surface area (Å²) in [5, 5.41) is 6.48. The van der Waals surface area contributed by atoms with Crippen molar-refractivity contribution in [3.05, 3.63) is 52.3 Å². The Balaban J connectivity index is 1.45.